The molecule has 0 spiro atoms. The van der Waals surface area contributed by atoms with Crippen LogP contribution in [0.3, 0.4) is 0 Å². The molecule has 0 saturated carbocycles. The first kappa shape index (κ1) is 10.1. The minimum Gasteiger partial charge on any atom is -0.478 e. The Morgan fingerprint density at radius 2 is 2.13 bits per heavy atom. The van der Waals surface area contributed by atoms with Crippen molar-refractivity contribution in [1.82, 2.24) is 0 Å². The molecule has 1 heterocycles. The van der Waals surface area contributed by atoms with Crippen LogP contribution in [0.1, 0.15) is 30.1 Å². The number of halogens is 2. The van der Waals surface area contributed by atoms with Crippen LogP contribution >= 0.6 is 0 Å². The third-order valence-electron chi connectivity index (χ3n) is 2.38. The van der Waals surface area contributed by atoms with Crippen LogP contribution in [-0.2, 0) is 0 Å². The number of carbonyl (C=O) groups excluding carboxylic acids is 1. The van der Waals surface area contributed by atoms with Crippen LogP contribution in [0.4, 0.5) is 8.78 Å². The van der Waals surface area contributed by atoms with Gasteiger partial charge in [-0.25, -0.2) is 8.78 Å². The van der Waals surface area contributed by atoms with E-state index in [4.69, 9.17) is 4.74 Å². The van der Waals surface area contributed by atoms with E-state index in [0.29, 0.717) is 6.42 Å². The third kappa shape index (κ3) is 1.60. The number of ketones is 1. The van der Waals surface area contributed by atoms with Crippen molar-refractivity contribution in [2.75, 3.05) is 0 Å². The second-order valence-electron chi connectivity index (χ2n) is 3.52. The number of hydrogen-bond donors (Lipinski definition) is 0. The molecule has 4 heteroatoms. The first-order valence-electron chi connectivity index (χ1n) is 4.83. The van der Waals surface area contributed by atoms with E-state index >= 15 is 0 Å². The van der Waals surface area contributed by atoms with Gasteiger partial charge in [-0.2, -0.15) is 0 Å². The molecule has 0 radical (unpaired) electrons. The van der Waals surface area contributed by atoms with Gasteiger partial charge in [-0.15, -0.1) is 0 Å². The Kier molecular flexibility index (Phi) is 2.42. The lowest BCUT2D eigenvalue weighted by molar-refractivity contribution is 0.0842. The fourth-order valence-electron chi connectivity index (χ4n) is 1.68. The Balaban J connectivity index is 2.41. The molecule has 1 aromatic rings. The molecule has 1 aliphatic heterocycles. The van der Waals surface area contributed by atoms with Gasteiger partial charge >= 0.3 is 0 Å². The van der Waals surface area contributed by atoms with E-state index in [-0.39, 0.29) is 17.1 Å². The topological polar surface area (TPSA) is 26.3 Å². The summed E-state index contributed by atoms with van der Waals surface area (Å²) in [5.74, 6) is -2.00. The number of rotatable bonds is 2. The lowest BCUT2D eigenvalue weighted by Gasteiger charge is -2.06. The molecule has 2 rings (SSSR count). The molecule has 15 heavy (non-hydrogen) atoms. The van der Waals surface area contributed by atoms with Crippen molar-refractivity contribution in [1.29, 1.82) is 0 Å². The average molecular weight is 212 g/mol. The summed E-state index contributed by atoms with van der Waals surface area (Å²) >= 11 is 0. The second kappa shape index (κ2) is 3.61. The molecule has 0 saturated heterocycles. The maximum absolute atomic E-state index is 13.2. The molecule has 0 N–H and O–H groups in total. The Hall–Kier alpha value is -1.45. The van der Waals surface area contributed by atoms with Crippen LogP contribution < -0.4 is 4.74 Å². The molecule has 0 aromatic heterocycles. The largest absolute Gasteiger partial charge is 0.478 e. The molecule has 0 aliphatic carbocycles. The van der Waals surface area contributed by atoms with Crippen molar-refractivity contribution in [3.63, 3.8) is 0 Å². The summed E-state index contributed by atoms with van der Waals surface area (Å²) in [6.07, 6.45) is 0.629. The molecule has 1 atom stereocenters. The summed E-state index contributed by atoms with van der Waals surface area (Å²) in [7, 11) is 0. The Labute approximate surface area is 85.9 Å². The van der Waals surface area contributed by atoms with Crippen molar-refractivity contribution in [2.45, 2.75) is 25.9 Å². The molecule has 0 amide bonds. The number of carbonyl (C=O) groups is 1. The smallest absolute Gasteiger partial charge is 0.207 e. The molecule has 0 bridgehead atoms. The minimum absolute atomic E-state index is 0.0194. The van der Waals surface area contributed by atoms with Gasteiger partial charge in [0, 0.05) is 6.07 Å². The monoisotopic (exact) mass is 212 g/mol. The standard InChI is InChI=1S/C11H10F2O2/c1-2-3-9-10(14)7-4-6(12)5-8(13)11(7)15-9/h4-5,9H,2-3H2,1H3. The molecule has 1 unspecified atom stereocenters. The van der Waals surface area contributed by atoms with Crippen LogP contribution in [0.2, 0.25) is 0 Å². The highest BCUT2D eigenvalue weighted by Gasteiger charge is 2.34. The fraction of sp³-hybridized carbons (Fsp3) is 0.364. The van der Waals surface area contributed by atoms with E-state index in [2.05, 4.69) is 0 Å². The summed E-state index contributed by atoms with van der Waals surface area (Å²) < 4.78 is 31.2. The predicted molar refractivity (Wildman–Crippen MR) is 50.0 cm³/mol. The lowest BCUT2D eigenvalue weighted by atomic mass is 10.1. The van der Waals surface area contributed by atoms with Gasteiger partial charge in [0.1, 0.15) is 5.82 Å². The van der Waals surface area contributed by atoms with E-state index in [0.717, 1.165) is 18.6 Å². The summed E-state index contributed by atoms with van der Waals surface area (Å²) in [5.41, 5.74) is 0.0194. The molecule has 0 fully saturated rings. The van der Waals surface area contributed by atoms with Gasteiger partial charge in [0.15, 0.2) is 17.7 Å². The third-order valence-corrected chi connectivity index (χ3v) is 2.38. The van der Waals surface area contributed by atoms with Crippen LogP contribution in [0.5, 0.6) is 5.75 Å². The first-order chi connectivity index (χ1) is 7.13. The summed E-state index contributed by atoms with van der Waals surface area (Å²) in [6, 6.07) is 1.75. The summed E-state index contributed by atoms with van der Waals surface area (Å²) in [5, 5.41) is 0. The van der Waals surface area contributed by atoms with E-state index in [9.17, 15) is 13.6 Å². The Morgan fingerprint density at radius 1 is 1.40 bits per heavy atom. The van der Waals surface area contributed by atoms with Crippen LogP contribution in [0, 0.1) is 11.6 Å². The molecule has 2 nitrogen and oxygen atoms in total. The summed E-state index contributed by atoms with van der Waals surface area (Å²) in [4.78, 5) is 11.6. The van der Waals surface area contributed by atoms with Gasteiger partial charge in [0.05, 0.1) is 5.56 Å². The van der Waals surface area contributed by atoms with Gasteiger partial charge in [0.2, 0.25) is 5.78 Å². The normalized spacial score (nSPS) is 18.9. The maximum Gasteiger partial charge on any atom is 0.207 e. The first-order valence-corrected chi connectivity index (χ1v) is 4.83. The van der Waals surface area contributed by atoms with Crippen LogP contribution in [-0.4, -0.2) is 11.9 Å². The van der Waals surface area contributed by atoms with E-state index in [1.165, 1.54) is 0 Å². The zero-order valence-electron chi connectivity index (χ0n) is 8.22. The van der Waals surface area contributed by atoms with Gasteiger partial charge in [-0.1, -0.05) is 13.3 Å². The molecular formula is C11H10F2O2. The zero-order valence-corrected chi connectivity index (χ0v) is 8.22. The van der Waals surface area contributed by atoms with Gasteiger partial charge in [-0.05, 0) is 12.5 Å². The van der Waals surface area contributed by atoms with E-state index < -0.39 is 17.7 Å². The maximum atomic E-state index is 13.2. The fourth-order valence-corrected chi connectivity index (χ4v) is 1.68. The van der Waals surface area contributed by atoms with Crippen LogP contribution in [0.25, 0.3) is 0 Å². The SMILES string of the molecule is CCCC1Oc2c(F)cc(F)cc2C1=O. The van der Waals surface area contributed by atoms with Gasteiger partial charge in [0.25, 0.3) is 0 Å². The van der Waals surface area contributed by atoms with E-state index in [1.54, 1.807) is 0 Å². The Bertz CT molecular complexity index is 415. The molecule has 1 aliphatic rings. The number of hydrogen-bond acceptors (Lipinski definition) is 2. The average Bonchev–Trinajstić information content (AvgIpc) is 2.47. The quantitative estimate of drug-likeness (QED) is 0.753. The number of ether oxygens (including phenoxy) is 1. The van der Waals surface area contributed by atoms with Crippen molar-refractivity contribution in [3.05, 3.63) is 29.3 Å². The zero-order chi connectivity index (χ0) is 11.0. The van der Waals surface area contributed by atoms with Crippen molar-refractivity contribution in [3.8, 4) is 5.75 Å². The summed E-state index contributed by atoms with van der Waals surface area (Å²) in [6.45, 7) is 1.90. The molecular weight excluding hydrogens is 202 g/mol. The van der Waals surface area contributed by atoms with Crippen molar-refractivity contribution >= 4 is 5.78 Å². The lowest BCUT2D eigenvalue weighted by Crippen LogP contribution is -2.19. The predicted octanol–water partition coefficient (Wildman–Crippen LogP) is 2.71. The van der Waals surface area contributed by atoms with Crippen molar-refractivity contribution < 1.29 is 18.3 Å². The van der Waals surface area contributed by atoms with Gasteiger partial charge in [-0.3, -0.25) is 4.79 Å². The van der Waals surface area contributed by atoms with Gasteiger partial charge < -0.3 is 4.74 Å². The molecule has 80 valence electrons. The highest BCUT2D eigenvalue weighted by molar-refractivity contribution is 6.04. The van der Waals surface area contributed by atoms with E-state index in [1.807, 2.05) is 6.92 Å². The van der Waals surface area contributed by atoms with Crippen molar-refractivity contribution in [2.24, 2.45) is 0 Å². The Morgan fingerprint density at radius 3 is 2.80 bits per heavy atom. The minimum atomic E-state index is -0.808. The number of benzene rings is 1. The molecule has 1 aromatic carbocycles. The highest BCUT2D eigenvalue weighted by atomic mass is 19.1. The highest BCUT2D eigenvalue weighted by Crippen LogP contribution is 2.33. The second-order valence-corrected chi connectivity index (χ2v) is 3.52. The van der Waals surface area contributed by atoms with Crippen LogP contribution in [0.15, 0.2) is 12.1 Å². The number of fused-ring (bicyclic) bond motifs is 1. The number of Topliss-reactive ketones (excluding diaryl/α,β-unsaturated/α-hetero) is 1.